The Hall–Kier alpha value is -7.94. The number of anilines is 2. The smallest absolute Gasteiger partial charge is 0.0726 e. The minimum Gasteiger partial charge on any atom is -0.333 e. The molecule has 2 heterocycles. The Labute approximate surface area is 367 Å². The molecule has 1 spiro atoms. The van der Waals surface area contributed by atoms with Gasteiger partial charge in [0.1, 0.15) is 0 Å². The molecule has 4 aliphatic rings. The lowest BCUT2D eigenvalue weighted by atomic mass is 9.70. The molecule has 9 aromatic carbocycles. The Bertz CT molecular complexity index is 3540. The van der Waals surface area contributed by atoms with Crippen LogP contribution in [0, 0.1) is 0 Å². The van der Waals surface area contributed by atoms with Gasteiger partial charge in [0.2, 0.25) is 0 Å². The van der Waals surface area contributed by atoms with Crippen LogP contribution in [0.5, 0.6) is 0 Å². The van der Waals surface area contributed by atoms with Gasteiger partial charge in [-0.25, -0.2) is 0 Å². The topological polar surface area (TPSA) is 8.17 Å². The predicted octanol–water partition coefficient (Wildman–Crippen LogP) is 15.2. The molecule has 0 saturated carbocycles. The first-order chi connectivity index (χ1) is 31.3. The summed E-state index contributed by atoms with van der Waals surface area (Å²) in [6.07, 6.45) is 9.30. The summed E-state index contributed by atoms with van der Waals surface area (Å²) in [5, 5.41) is 2.51. The van der Waals surface area contributed by atoms with Crippen LogP contribution >= 0.6 is 0 Å². The van der Waals surface area contributed by atoms with Crippen molar-refractivity contribution in [3.63, 3.8) is 0 Å². The summed E-state index contributed by atoms with van der Waals surface area (Å²) in [7, 11) is 0. The summed E-state index contributed by atoms with van der Waals surface area (Å²) in [6, 6.07) is 77.3. The van der Waals surface area contributed by atoms with Crippen molar-refractivity contribution >= 4 is 33.2 Å². The van der Waals surface area contributed by atoms with Gasteiger partial charge < -0.3 is 9.47 Å². The maximum atomic E-state index is 2.65. The zero-order valence-corrected chi connectivity index (χ0v) is 34.5. The van der Waals surface area contributed by atoms with Crippen LogP contribution in [0.2, 0.25) is 0 Å². The van der Waals surface area contributed by atoms with Crippen molar-refractivity contribution in [1.29, 1.82) is 0 Å². The molecule has 0 bridgehead atoms. The minimum absolute atomic E-state index is 0.154. The molecular formula is C61H40N2. The van der Waals surface area contributed by atoms with E-state index in [2.05, 4.69) is 240 Å². The highest BCUT2D eigenvalue weighted by Gasteiger charge is 2.53. The van der Waals surface area contributed by atoms with Crippen molar-refractivity contribution in [1.82, 2.24) is 4.57 Å². The predicted molar refractivity (Wildman–Crippen MR) is 261 cm³/mol. The normalized spacial score (nSPS) is 16.9. The van der Waals surface area contributed by atoms with Crippen LogP contribution in [0.25, 0.3) is 72.0 Å². The van der Waals surface area contributed by atoms with Crippen LogP contribution in [-0.4, -0.2) is 10.6 Å². The molecule has 2 unspecified atom stereocenters. The molecule has 2 atom stereocenters. The van der Waals surface area contributed by atoms with Crippen LogP contribution in [0.3, 0.4) is 0 Å². The Balaban J connectivity index is 0.945. The molecule has 2 nitrogen and oxygen atoms in total. The fourth-order valence-electron chi connectivity index (χ4n) is 12.0. The minimum atomic E-state index is -0.382. The molecule has 3 aliphatic carbocycles. The first-order valence-electron chi connectivity index (χ1n) is 22.2. The molecule has 63 heavy (non-hydrogen) atoms. The van der Waals surface area contributed by atoms with Crippen LogP contribution in [0.1, 0.15) is 33.7 Å². The largest absolute Gasteiger partial charge is 0.333 e. The molecule has 0 amide bonds. The molecule has 0 saturated heterocycles. The molecule has 1 aromatic heterocycles. The van der Waals surface area contributed by atoms with E-state index in [1.807, 2.05) is 0 Å². The second-order valence-electron chi connectivity index (χ2n) is 17.5. The average molecular weight is 801 g/mol. The Kier molecular flexibility index (Phi) is 7.19. The van der Waals surface area contributed by atoms with Crippen molar-refractivity contribution in [3.05, 3.63) is 258 Å². The van der Waals surface area contributed by atoms with Gasteiger partial charge in [-0.05, 0) is 121 Å². The van der Waals surface area contributed by atoms with E-state index < -0.39 is 0 Å². The van der Waals surface area contributed by atoms with Gasteiger partial charge >= 0.3 is 0 Å². The molecule has 0 radical (unpaired) electrons. The summed E-state index contributed by atoms with van der Waals surface area (Å²) in [5.74, 6) is 0.219. The fourth-order valence-corrected chi connectivity index (χ4v) is 12.0. The monoisotopic (exact) mass is 800 g/mol. The van der Waals surface area contributed by atoms with Crippen molar-refractivity contribution in [2.75, 3.05) is 4.90 Å². The van der Waals surface area contributed by atoms with E-state index in [1.54, 1.807) is 0 Å². The van der Waals surface area contributed by atoms with E-state index in [9.17, 15) is 0 Å². The number of rotatable bonds is 4. The summed E-state index contributed by atoms with van der Waals surface area (Å²) < 4.78 is 2.41. The van der Waals surface area contributed by atoms with Crippen LogP contribution in [0.15, 0.2) is 231 Å². The van der Waals surface area contributed by atoms with Crippen molar-refractivity contribution in [2.45, 2.75) is 17.4 Å². The molecule has 10 aromatic rings. The molecule has 1 aliphatic heterocycles. The van der Waals surface area contributed by atoms with Gasteiger partial charge in [-0.3, -0.25) is 0 Å². The van der Waals surface area contributed by atoms with Gasteiger partial charge in [0.25, 0.3) is 0 Å². The highest BCUT2D eigenvalue weighted by atomic mass is 15.2. The van der Waals surface area contributed by atoms with Crippen LogP contribution in [-0.2, 0) is 5.41 Å². The number of allylic oxidation sites excluding steroid dienone is 2. The zero-order valence-electron chi connectivity index (χ0n) is 34.5. The van der Waals surface area contributed by atoms with Gasteiger partial charge in [0.15, 0.2) is 0 Å². The van der Waals surface area contributed by atoms with E-state index in [1.165, 1.54) is 111 Å². The SMILES string of the molecule is C1=CC2c3cc(-c4ccc5c(c4)c4cc(-c6ccccc6)ccc4n5-c4ccccc4)ccc3N(c3cccc4c3-c3ccccc3C43c4ccccc4-c4ccccc43)C2C=C1. The number of nitrogens with zero attached hydrogens (tertiary/aromatic N) is 2. The number of benzene rings is 9. The lowest BCUT2D eigenvalue weighted by Gasteiger charge is -2.32. The highest BCUT2D eigenvalue weighted by molar-refractivity contribution is 6.12. The lowest BCUT2D eigenvalue weighted by Crippen LogP contribution is -2.29. The molecule has 2 heteroatoms. The van der Waals surface area contributed by atoms with Gasteiger partial charge in [0, 0.05) is 39.3 Å². The Morgan fingerprint density at radius 3 is 1.62 bits per heavy atom. The second-order valence-corrected chi connectivity index (χ2v) is 17.5. The first kappa shape index (κ1) is 34.7. The molecule has 0 N–H and O–H groups in total. The van der Waals surface area contributed by atoms with E-state index in [0.717, 1.165) is 0 Å². The molecule has 294 valence electrons. The maximum absolute atomic E-state index is 2.65. The quantitative estimate of drug-likeness (QED) is 0.172. The second kappa shape index (κ2) is 13.0. The number of fused-ring (bicyclic) bond motifs is 16. The van der Waals surface area contributed by atoms with Gasteiger partial charge in [-0.2, -0.15) is 0 Å². The van der Waals surface area contributed by atoms with Gasteiger partial charge in [-0.1, -0.05) is 176 Å². The van der Waals surface area contributed by atoms with Gasteiger partial charge in [-0.15, -0.1) is 0 Å². The average Bonchev–Trinajstić information content (AvgIpc) is 4.06. The summed E-state index contributed by atoms with van der Waals surface area (Å²) in [6.45, 7) is 0. The van der Waals surface area contributed by atoms with Gasteiger partial charge in [0.05, 0.1) is 22.5 Å². The van der Waals surface area contributed by atoms with Crippen molar-refractivity contribution in [3.8, 4) is 50.2 Å². The maximum Gasteiger partial charge on any atom is 0.0726 e. The summed E-state index contributed by atoms with van der Waals surface area (Å²) in [5.41, 5.74) is 22.9. The van der Waals surface area contributed by atoms with E-state index in [4.69, 9.17) is 0 Å². The molecule has 14 rings (SSSR count). The number of hydrogen-bond acceptors (Lipinski definition) is 1. The van der Waals surface area contributed by atoms with Crippen LogP contribution < -0.4 is 4.90 Å². The Morgan fingerprint density at radius 1 is 0.381 bits per heavy atom. The molecule has 0 fully saturated rings. The standard InChI is InChI=1S/C61H40N2/c1-3-16-39(17-4-1)40-30-33-56-49(36-40)50-38-42(31-34-57(50)62(56)43-18-5-2-6-19-43)41-32-35-58-48(37-41)46-22-10-14-28-55(46)63(58)59-29-15-27-54-60(59)47-23-9-13-26-53(47)61(54)51-24-11-7-20-44(51)45-21-8-12-25-52(45)61/h1-38,46,55H. The zero-order chi connectivity index (χ0) is 41.2. The van der Waals surface area contributed by atoms with E-state index >= 15 is 0 Å². The third-order valence-electron chi connectivity index (χ3n) is 14.5. The van der Waals surface area contributed by atoms with Crippen LogP contribution in [0.4, 0.5) is 11.4 Å². The summed E-state index contributed by atoms with van der Waals surface area (Å²) >= 11 is 0. The summed E-state index contributed by atoms with van der Waals surface area (Å²) in [4.78, 5) is 2.65. The van der Waals surface area contributed by atoms with Crippen molar-refractivity contribution < 1.29 is 0 Å². The number of aromatic nitrogens is 1. The van der Waals surface area contributed by atoms with E-state index in [0.29, 0.717) is 0 Å². The lowest BCUT2D eigenvalue weighted by molar-refractivity contribution is 0.744. The Morgan fingerprint density at radius 2 is 0.921 bits per heavy atom. The fraction of sp³-hybridized carbons (Fsp3) is 0.0492. The van der Waals surface area contributed by atoms with E-state index in [-0.39, 0.29) is 17.4 Å². The third-order valence-corrected chi connectivity index (χ3v) is 14.5. The number of para-hydroxylation sites is 1. The highest BCUT2D eigenvalue weighted by Crippen LogP contribution is 2.65. The van der Waals surface area contributed by atoms with Crippen molar-refractivity contribution in [2.24, 2.45) is 0 Å². The molecular weight excluding hydrogens is 761 g/mol. The number of hydrogen-bond donors (Lipinski definition) is 0. The first-order valence-corrected chi connectivity index (χ1v) is 22.2. The third kappa shape index (κ3) is 4.67.